The summed E-state index contributed by atoms with van der Waals surface area (Å²) in [5.74, 6) is 0. The maximum atomic E-state index is 13.2. The number of nitrogens with one attached hydrogen (secondary N) is 1. The van der Waals surface area contributed by atoms with Crippen LogP contribution in [0.3, 0.4) is 0 Å². The van der Waals surface area contributed by atoms with Gasteiger partial charge in [0.2, 0.25) is 0 Å². The molecular weight excluding hydrogens is 498 g/mol. The smallest absolute Gasteiger partial charge is 0.312 e. The van der Waals surface area contributed by atoms with Crippen molar-refractivity contribution in [2.45, 2.75) is 37.2 Å². The van der Waals surface area contributed by atoms with Crippen molar-refractivity contribution in [3.05, 3.63) is 58.4 Å². The lowest BCUT2D eigenvalue weighted by Gasteiger charge is -2.38. The molecule has 1 aliphatic rings. The number of hydrogen-bond acceptors (Lipinski definition) is 10. The summed E-state index contributed by atoms with van der Waals surface area (Å²) in [4.78, 5) is 15.3. The highest BCUT2D eigenvalue weighted by molar-refractivity contribution is 7.90. The summed E-state index contributed by atoms with van der Waals surface area (Å²) in [6.45, 7) is 4.23. The van der Waals surface area contributed by atoms with E-state index in [1.54, 1.807) is 24.1 Å². The fraction of sp³-hybridized carbons (Fsp3) is 0.381. The first kappa shape index (κ1) is 25.0. The van der Waals surface area contributed by atoms with Crippen molar-refractivity contribution in [3.63, 3.8) is 0 Å². The molecule has 1 aliphatic heterocycles. The summed E-state index contributed by atoms with van der Waals surface area (Å²) >= 11 is 0. The number of aryl methyl sites for hydroxylation is 1. The van der Waals surface area contributed by atoms with E-state index in [4.69, 9.17) is 4.18 Å². The second kappa shape index (κ2) is 8.86. The minimum atomic E-state index is -3.99. The Bertz CT molecular complexity index is 1490. The summed E-state index contributed by atoms with van der Waals surface area (Å²) in [5.41, 5.74) is 2.88. The number of piperidine rings is 1. The average Bonchev–Trinajstić information content (AvgIpc) is 3.20. The fourth-order valence-corrected chi connectivity index (χ4v) is 6.22. The predicted molar refractivity (Wildman–Crippen MR) is 129 cm³/mol. The number of hydrogen-bond donors (Lipinski definition) is 1. The lowest BCUT2D eigenvalue weighted by atomic mass is 9.95. The molecule has 0 radical (unpaired) electrons. The van der Waals surface area contributed by atoms with Crippen LogP contribution in [0.5, 0.6) is 0 Å². The van der Waals surface area contributed by atoms with E-state index in [1.807, 2.05) is 6.92 Å². The van der Waals surface area contributed by atoms with Crippen LogP contribution in [0.1, 0.15) is 25.3 Å². The van der Waals surface area contributed by atoms with Gasteiger partial charge in [0.05, 0.1) is 27.1 Å². The number of aromatic nitrogens is 2. The molecule has 0 bridgehead atoms. The molecule has 0 aliphatic carbocycles. The van der Waals surface area contributed by atoms with Gasteiger partial charge >= 0.3 is 5.69 Å². The standard InChI is InChI=1S/C21H25N5O7S2/c1-15-4-6-16(7-5-15)35(31,32)25-11-8-17-19(18(26(27)28)14-22-20(17)25)23-24-12-9-21(2,10-13-24)33-34(3,29)30/h4-8,11,14H,9-10,12-13H2,1-3H3,(H,22,23). The second-order valence-corrected chi connectivity index (χ2v) is 12.2. The van der Waals surface area contributed by atoms with Crippen LogP contribution >= 0.6 is 0 Å². The van der Waals surface area contributed by atoms with E-state index in [2.05, 4.69) is 10.4 Å². The van der Waals surface area contributed by atoms with E-state index in [1.165, 1.54) is 24.4 Å². The Morgan fingerprint density at radius 3 is 2.31 bits per heavy atom. The van der Waals surface area contributed by atoms with E-state index in [9.17, 15) is 26.9 Å². The van der Waals surface area contributed by atoms with Gasteiger partial charge in [-0.1, -0.05) is 17.7 Å². The van der Waals surface area contributed by atoms with Gasteiger partial charge in [0, 0.05) is 19.3 Å². The molecule has 4 rings (SSSR count). The molecule has 1 aromatic carbocycles. The molecular formula is C21H25N5O7S2. The SMILES string of the molecule is Cc1ccc(S(=O)(=O)n2ccc3c(NN4CCC(C)(OS(C)(=O)=O)CC4)c([N+](=O)[O-])cnc32)cc1. The summed E-state index contributed by atoms with van der Waals surface area (Å²) in [6, 6.07) is 7.81. The molecule has 188 valence electrons. The molecule has 0 atom stereocenters. The van der Waals surface area contributed by atoms with Crippen molar-refractivity contribution in [3.8, 4) is 0 Å². The zero-order chi connectivity index (χ0) is 25.6. The van der Waals surface area contributed by atoms with Gasteiger partial charge in [0.25, 0.3) is 20.1 Å². The van der Waals surface area contributed by atoms with Crippen LogP contribution in [0.15, 0.2) is 47.6 Å². The highest BCUT2D eigenvalue weighted by atomic mass is 32.2. The molecule has 2 aromatic heterocycles. The van der Waals surface area contributed by atoms with Crippen molar-refractivity contribution in [2.24, 2.45) is 0 Å². The van der Waals surface area contributed by atoms with Crippen molar-refractivity contribution < 1.29 is 25.9 Å². The number of nitro groups is 1. The van der Waals surface area contributed by atoms with Crippen LogP contribution in [-0.2, 0) is 24.3 Å². The predicted octanol–water partition coefficient (Wildman–Crippen LogP) is 2.65. The number of pyridine rings is 1. The summed E-state index contributed by atoms with van der Waals surface area (Å²) in [5, 5.41) is 13.7. The zero-order valence-corrected chi connectivity index (χ0v) is 21.0. The van der Waals surface area contributed by atoms with Crippen molar-refractivity contribution in [1.29, 1.82) is 0 Å². The monoisotopic (exact) mass is 523 g/mol. The summed E-state index contributed by atoms with van der Waals surface area (Å²) in [6.07, 6.45) is 4.05. The van der Waals surface area contributed by atoms with Crippen LogP contribution < -0.4 is 5.43 Å². The first-order chi connectivity index (χ1) is 16.3. The Kier molecular flexibility index (Phi) is 6.34. The number of fused-ring (bicyclic) bond motifs is 1. The molecule has 3 aromatic rings. The molecule has 1 saturated heterocycles. The van der Waals surface area contributed by atoms with E-state index in [-0.39, 0.29) is 27.3 Å². The van der Waals surface area contributed by atoms with Crippen LogP contribution in [0.2, 0.25) is 0 Å². The van der Waals surface area contributed by atoms with Gasteiger partial charge in [-0.3, -0.25) is 14.3 Å². The average molecular weight is 524 g/mol. The van der Waals surface area contributed by atoms with Gasteiger partial charge in [-0.05, 0) is 44.9 Å². The Labute approximate surface area is 202 Å². The second-order valence-electron chi connectivity index (χ2n) is 8.78. The minimum Gasteiger partial charge on any atom is -0.312 e. The Morgan fingerprint density at radius 2 is 1.74 bits per heavy atom. The quantitative estimate of drug-likeness (QED) is 0.278. The number of benzene rings is 1. The molecule has 35 heavy (non-hydrogen) atoms. The molecule has 12 nitrogen and oxygen atoms in total. The van der Waals surface area contributed by atoms with Crippen LogP contribution in [-0.4, -0.2) is 60.7 Å². The highest BCUT2D eigenvalue weighted by Crippen LogP contribution is 2.35. The van der Waals surface area contributed by atoms with Crippen LogP contribution in [0, 0.1) is 17.0 Å². The largest absolute Gasteiger partial charge is 0.312 e. The van der Waals surface area contributed by atoms with Crippen LogP contribution in [0.25, 0.3) is 11.0 Å². The van der Waals surface area contributed by atoms with Gasteiger partial charge in [0.1, 0.15) is 11.9 Å². The molecule has 14 heteroatoms. The Morgan fingerprint density at radius 1 is 1.11 bits per heavy atom. The van der Waals surface area contributed by atoms with E-state index in [0.29, 0.717) is 25.9 Å². The fourth-order valence-electron chi connectivity index (χ4n) is 4.02. The lowest BCUT2D eigenvalue weighted by molar-refractivity contribution is -0.384. The number of nitrogens with zero attached hydrogens (tertiary/aromatic N) is 4. The van der Waals surface area contributed by atoms with Gasteiger partial charge in [-0.2, -0.15) is 8.42 Å². The number of anilines is 1. The maximum absolute atomic E-state index is 13.2. The third-order valence-corrected chi connectivity index (χ3v) is 8.26. The van der Waals surface area contributed by atoms with Gasteiger partial charge in [0.15, 0.2) is 5.65 Å². The summed E-state index contributed by atoms with van der Waals surface area (Å²) < 4.78 is 55.8. The van der Waals surface area contributed by atoms with E-state index < -0.39 is 30.7 Å². The minimum absolute atomic E-state index is 0.0425. The first-order valence-corrected chi connectivity index (χ1v) is 13.9. The molecule has 0 unspecified atom stereocenters. The zero-order valence-electron chi connectivity index (χ0n) is 19.3. The van der Waals surface area contributed by atoms with Crippen molar-refractivity contribution >= 4 is 42.5 Å². The third-order valence-electron chi connectivity index (χ3n) is 5.88. The number of hydrazine groups is 1. The Balaban J connectivity index is 1.68. The topological polar surface area (TPSA) is 154 Å². The van der Waals surface area contributed by atoms with Gasteiger partial charge in [-0.25, -0.2) is 22.4 Å². The summed E-state index contributed by atoms with van der Waals surface area (Å²) in [7, 11) is -7.62. The molecule has 1 fully saturated rings. The van der Waals surface area contributed by atoms with Gasteiger partial charge in [-0.15, -0.1) is 0 Å². The van der Waals surface area contributed by atoms with E-state index >= 15 is 0 Å². The first-order valence-electron chi connectivity index (χ1n) is 10.7. The highest BCUT2D eigenvalue weighted by Gasteiger charge is 2.35. The number of rotatable bonds is 7. The van der Waals surface area contributed by atoms with Crippen LogP contribution in [0.4, 0.5) is 11.4 Å². The molecule has 0 saturated carbocycles. The van der Waals surface area contributed by atoms with Crippen molar-refractivity contribution in [1.82, 2.24) is 14.0 Å². The molecule has 1 N–H and O–H groups in total. The maximum Gasteiger partial charge on any atom is 0.312 e. The third kappa shape index (κ3) is 5.15. The Hall–Kier alpha value is -3.07. The molecule has 3 heterocycles. The molecule has 0 amide bonds. The normalized spacial score (nSPS) is 16.9. The van der Waals surface area contributed by atoms with Crippen molar-refractivity contribution in [2.75, 3.05) is 24.8 Å². The van der Waals surface area contributed by atoms with Gasteiger partial charge < -0.3 is 5.43 Å². The van der Waals surface area contributed by atoms with E-state index in [0.717, 1.165) is 22.0 Å². The molecule has 0 spiro atoms. The lowest BCUT2D eigenvalue weighted by Crippen LogP contribution is -2.47.